The van der Waals surface area contributed by atoms with Crippen molar-refractivity contribution in [3.63, 3.8) is 0 Å². The lowest BCUT2D eigenvalue weighted by atomic mass is 10.2. The van der Waals surface area contributed by atoms with Crippen LogP contribution < -0.4 is 0 Å². The highest BCUT2D eigenvalue weighted by atomic mass is 16.3. The summed E-state index contributed by atoms with van der Waals surface area (Å²) >= 11 is 0. The van der Waals surface area contributed by atoms with Crippen molar-refractivity contribution in [2.24, 2.45) is 0 Å². The first-order valence-electron chi connectivity index (χ1n) is 3.22. The van der Waals surface area contributed by atoms with Gasteiger partial charge in [-0.2, -0.15) is 0 Å². The maximum Gasteiger partial charge on any atom is 0.0574 e. The molecule has 1 N–H and O–H groups in total. The molecule has 1 atom stereocenters. The van der Waals surface area contributed by atoms with E-state index >= 15 is 0 Å². The zero-order chi connectivity index (χ0) is 5.82. The van der Waals surface area contributed by atoms with E-state index in [1.807, 2.05) is 0 Å². The van der Waals surface area contributed by atoms with E-state index in [0.29, 0.717) is 0 Å². The normalized spacial score (nSPS) is 29.9. The minimum absolute atomic E-state index is 0.0613. The second-order valence-electron chi connectivity index (χ2n) is 2.29. The number of hydrogen-bond donors (Lipinski definition) is 1. The molecule has 0 amide bonds. The maximum atomic E-state index is 9.04. The monoisotopic (exact) mass is 112 g/mol. The molecule has 0 aromatic rings. The second-order valence-corrected chi connectivity index (χ2v) is 2.29. The number of aliphatic hydroxyl groups excluding tert-OH is 1. The van der Waals surface area contributed by atoms with Crippen LogP contribution in [-0.2, 0) is 0 Å². The predicted molar refractivity (Wildman–Crippen MR) is 33.6 cm³/mol. The number of hydrogen-bond acceptors (Lipinski definition) is 1. The largest absolute Gasteiger partial charge is 0.393 e. The fourth-order valence-corrected chi connectivity index (χ4v) is 0.960. The van der Waals surface area contributed by atoms with E-state index in [1.165, 1.54) is 0 Å². The molecule has 8 heavy (non-hydrogen) atoms. The fourth-order valence-electron chi connectivity index (χ4n) is 0.960. The Labute approximate surface area is 50.0 Å². The summed E-state index contributed by atoms with van der Waals surface area (Å²) in [4.78, 5) is 0. The van der Waals surface area contributed by atoms with Gasteiger partial charge in [0.2, 0.25) is 0 Å². The van der Waals surface area contributed by atoms with Gasteiger partial charge in [0, 0.05) is 0 Å². The molecule has 1 aliphatic carbocycles. The molecule has 1 heteroatoms. The van der Waals surface area contributed by atoms with Crippen LogP contribution in [0.2, 0.25) is 0 Å². The quantitative estimate of drug-likeness (QED) is 0.470. The van der Waals surface area contributed by atoms with Crippen LogP contribution in [-0.4, -0.2) is 11.2 Å². The first kappa shape index (κ1) is 5.83. The molecule has 0 saturated heterocycles. The average Bonchev–Trinajstić information content (AvgIpc) is 1.94. The Morgan fingerprint density at radius 3 is 3.12 bits per heavy atom. The molecule has 0 aromatic heterocycles. The van der Waals surface area contributed by atoms with Crippen LogP contribution in [0.25, 0.3) is 0 Å². The van der Waals surface area contributed by atoms with Gasteiger partial charge in [0.05, 0.1) is 6.10 Å². The van der Waals surface area contributed by atoms with Gasteiger partial charge in [0.25, 0.3) is 0 Å². The Hall–Kier alpha value is -0.300. The summed E-state index contributed by atoms with van der Waals surface area (Å²) in [6.07, 6.45) is 8.30. The van der Waals surface area contributed by atoms with Gasteiger partial charge in [-0.25, -0.2) is 0 Å². The van der Waals surface area contributed by atoms with Gasteiger partial charge in [-0.05, 0) is 25.7 Å². The Morgan fingerprint density at radius 2 is 2.25 bits per heavy atom. The van der Waals surface area contributed by atoms with Crippen LogP contribution in [0.5, 0.6) is 0 Å². The smallest absolute Gasteiger partial charge is 0.0574 e. The highest BCUT2D eigenvalue weighted by Crippen LogP contribution is 2.10. The highest BCUT2D eigenvalue weighted by Gasteiger charge is 2.02. The molecule has 1 rings (SSSR count). The fraction of sp³-hybridized carbons (Fsp3) is 0.714. The third-order valence-electron chi connectivity index (χ3n) is 1.48. The molecule has 0 radical (unpaired) electrons. The van der Waals surface area contributed by atoms with Gasteiger partial charge >= 0.3 is 0 Å². The molecule has 1 aliphatic rings. The third-order valence-corrected chi connectivity index (χ3v) is 1.48. The van der Waals surface area contributed by atoms with Gasteiger partial charge in [0.1, 0.15) is 0 Å². The minimum atomic E-state index is -0.0613. The van der Waals surface area contributed by atoms with Crippen molar-refractivity contribution >= 4 is 0 Å². The van der Waals surface area contributed by atoms with Crippen molar-refractivity contribution in [1.29, 1.82) is 0 Å². The lowest BCUT2D eigenvalue weighted by molar-refractivity contribution is 0.167. The van der Waals surface area contributed by atoms with E-state index in [-0.39, 0.29) is 6.10 Å². The first-order chi connectivity index (χ1) is 3.89. The van der Waals surface area contributed by atoms with Crippen molar-refractivity contribution in [1.82, 2.24) is 0 Å². The van der Waals surface area contributed by atoms with Crippen LogP contribution in [0, 0.1) is 0 Å². The van der Waals surface area contributed by atoms with Crippen molar-refractivity contribution in [2.45, 2.75) is 31.8 Å². The molecule has 0 aromatic carbocycles. The molecule has 46 valence electrons. The maximum absolute atomic E-state index is 9.04. The van der Waals surface area contributed by atoms with E-state index in [0.717, 1.165) is 25.7 Å². The van der Waals surface area contributed by atoms with E-state index in [9.17, 15) is 0 Å². The van der Waals surface area contributed by atoms with Crippen molar-refractivity contribution in [3.8, 4) is 0 Å². The molecule has 0 saturated carbocycles. The first-order valence-corrected chi connectivity index (χ1v) is 3.22. The topological polar surface area (TPSA) is 20.2 Å². The summed E-state index contributed by atoms with van der Waals surface area (Å²) in [6, 6.07) is 0. The minimum Gasteiger partial charge on any atom is -0.393 e. The summed E-state index contributed by atoms with van der Waals surface area (Å²) in [7, 11) is 0. The Balaban J connectivity index is 2.30. The summed E-state index contributed by atoms with van der Waals surface area (Å²) in [5.41, 5.74) is 0. The Kier molecular flexibility index (Phi) is 2.10. The molecular weight excluding hydrogens is 100 g/mol. The number of aliphatic hydroxyl groups is 1. The molecule has 0 bridgehead atoms. The molecule has 0 fully saturated rings. The van der Waals surface area contributed by atoms with E-state index in [1.54, 1.807) is 0 Å². The Bertz CT molecular complexity index is 86.4. The van der Waals surface area contributed by atoms with Crippen molar-refractivity contribution < 1.29 is 5.11 Å². The molecule has 0 spiro atoms. The molecule has 1 unspecified atom stereocenters. The van der Waals surface area contributed by atoms with Gasteiger partial charge in [0.15, 0.2) is 0 Å². The van der Waals surface area contributed by atoms with Crippen molar-refractivity contribution in [3.05, 3.63) is 12.2 Å². The van der Waals surface area contributed by atoms with Crippen LogP contribution >= 0.6 is 0 Å². The number of allylic oxidation sites excluding steroid dienone is 1. The summed E-state index contributed by atoms with van der Waals surface area (Å²) in [5, 5.41) is 9.04. The summed E-state index contributed by atoms with van der Waals surface area (Å²) in [5.74, 6) is 0. The van der Waals surface area contributed by atoms with Crippen molar-refractivity contribution in [2.75, 3.05) is 0 Å². The lowest BCUT2D eigenvalue weighted by Gasteiger charge is -2.01. The average molecular weight is 112 g/mol. The predicted octanol–water partition coefficient (Wildman–Crippen LogP) is 1.48. The van der Waals surface area contributed by atoms with Gasteiger partial charge in [-0.1, -0.05) is 12.2 Å². The zero-order valence-electron chi connectivity index (χ0n) is 5.01. The molecule has 0 aliphatic heterocycles. The highest BCUT2D eigenvalue weighted by molar-refractivity contribution is 4.87. The summed E-state index contributed by atoms with van der Waals surface area (Å²) < 4.78 is 0. The Morgan fingerprint density at radius 1 is 1.38 bits per heavy atom. The lowest BCUT2D eigenvalue weighted by Crippen LogP contribution is -2.01. The van der Waals surface area contributed by atoms with Gasteiger partial charge < -0.3 is 5.11 Å². The molecular formula is C7H12O. The number of rotatable bonds is 0. The standard InChI is InChI=1S/C7H12O/c8-7-5-3-1-2-4-6-7/h1,3,7-8H,2,4-6H2. The van der Waals surface area contributed by atoms with Crippen LogP contribution in [0.3, 0.4) is 0 Å². The van der Waals surface area contributed by atoms with Crippen LogP contribution in [0.1, 0.15) is 25.7 Å². The van der Waals surface area contributed by atoms with Crippen LogP contribution in [0.4, 0.5) is 0 Å². The molecule has 0 heterocycles. The SMILES string of the molecule is OC1CC=CCCC1. The summed E-state index contributed by atoms with van der Waals surface area (Å²) in [6.45, 7) is 0. The van der Waals surface area contributed by atoms with Gasteiger partial charge in [-0.15, -0.1) is 0 Å². The van der Waals surface area contributed by atoms with E-state index < -0.39 is 0 Å². The van der Waals surface area contributed by atoms with Crippen LogP contribution in [0.15, 0.2) is 12.2 Å². The van der Waals surface area contributed by atoms with E-state index in [2.05, 4.69) is 12.2 Å². The third kappa shape index (κ3) is 1.66. The second kappa shape index (κ2) is 2.88. The molecule has 1 nitrogen and oxygen atoms in total. The van der Waals surface area contributed by atoms with E-state index in [4.69, 9.17) is 5.11 Å². The zero-order valence-corrected chi connectivity index (χ0v) is 5.01. The van der Waals surface area contributed by atoms with Gasteiger partial charge in [-0.3, -0.25) is 0 Å².